The quantitative estimate of drug-likeness (QED) is 0.441. The first-order chi connectivity index (χ1) is 3.64. The monoisotopic (exact) mass is 116 g/mol. The average molecular weight is 116 g/mol. The van der Waals surface area contributed by atoms with Crippen LogP contribution in [-0.4, -0.2) is 44.9 Å². The van der Waals surface area contributed by atoms with Gasteiger partial charge in [0.1, 0.15) is 13.1 Å². The van der Waals surface area contributed by atoms with Crippen molar-refractivity contribution in [1.29, 1.82) is 0 Å². The Labute approximate surface area is 50.6 Å². The molecule has 0 N–H and O–H groups in total. The number of ether oxygens (including phenoxy) is 1. The standard InChI is InChI=1S/C6H14NO/c1-7(2)4-6(5-7)8-3/h6H,4-5H2,1-3H3/q+1. The molecule has 0 unspecified atom stereocenters. The van der Waals surface area contributed by atoms with Crippen LogP contribution in [0.5, 0.6) is 0 Å². The molecule has 0 aromatic rings. The van der Waals surface area contributed by atoms with Crippen LogP contribution in [0.25, 0.3) is 0 Å². The highest BCUT2D eigenvalue weighted by Crippen LogP contribution is 2.15. The van der Waals surface area contributed by atoms with E-state index in [-0.39, 0.29) is 0 Å². The largest absolute Gasteiger partial charge is 0.370 e. The van der Waals surface area contributed by atoms with Gasteiger partial charge in [-0.3, -0.25) is 0 Å². The molecule has 1 saturated heterocycles. The van der Waals surface area contributed by atoms with Gasteiger partial charge in [0.2, 0.25) is 0 Å². The van der Waals surface area contributed by atoms with Crippen LogP contribution < -0.4 is 0 Å². The molecular weight excluding hydrogens is 102 g/mol. The van der Waals surface area contributed by atoms with Gasteiger partial charge in [0.15, 0.2) is 6.10 Å². The van der Waals surface area contributed by atoms with E-state index in [9.17, 15) is 0 Å². The molecule has 1 aliphatic rings. The van der Waals surface area contributed by atoms with E-state index < -0.39 is 0 Å². The van der Waals surface area contributed by atoms with Crippen LogP contribution in [-0.2, 0) is 4.74 Å². The van der Waals surface area contributed by atoms with Gasteiger partial charge in [0.05, 0.1) is 14.1 Å². The number of hydrogen-bond donors (Lipinski definition) is 0. The zero-order valence-corrected chi connectivity index (χ0v) is 5.85. The van der Waals surface area contributed by atoms with Gasteiger partial charge in [-0.15, -0.1) is 0 Å². The molecule has 8 heavy (non-hydrogen) atoms. The molecule has 0 aromatic carbocycles. The SMILES string of the molecule is COC1C[N+](C)(C)C1. The molecule has 1 heterocycles. The van der Waals surface area contributed by atoms with Crippen molar-refractivity contribution >= 4 is 0 Å². The van der Waals surface area contributed by atoms with E-state index in [1.165, 1.54) is 13.1 Å². The second-order valence-corrected chi connectivity index (χ2v) is 3.16. The third kappa shape index (κ3) is 1.01. The minimum absolute atomic E-state index is 0.532. The fraction of sp³-hybridized carbons (Fsp3) is 1.00. The molecular formula is C6H14NO+. The van der Waals surface area contributed by atoms with Crippen molar-refractivity contribution in [2.24, 2.45) is 0 Å². The number of likely N-dealkylation sites (tertiary alicyclic amines) is 1. The van der Waals surface area contributed by atoms with Gasteiger partial charge >= 0.3 is 0 Å². The second kappa shape index (κ2) is 1.71. The molecule has 0 radical (unpaired) electrons. The van der Waals surface area contributed by atoms with E-state index in [1.54, 1.807) is 7.11 Å². The van der Waals surface area contributed by atoms with Gasteiger partial charge in [-0.1, -0.05) is 0 Å². The fourth-order valence-corrected chi connectivity index (χ4v) is 1.20. The summed E-state index contributed by atoms with van der Waals surface area (Å²) in [6.45, 7) is 2.35. The Morgan fingerprint density at radius 3 is 2.00 bits per heavy atom. The summed E-state index contributed by atoms with van der Waals surface area (Å²) in [5, 5.41) is 0. The second-order valence-electron chi connectivity index (χ2n) is 3.16. The van der Waals surface area contributed by atoms with Crippen molar-refractivity contribution in [3.8, 4) is 0 Å². The number of quaternary nitrogens is 1. The summed E-state index contributed by atoms with van der Waals surface area (Å²) in [6.07, 6.45) is 0.532. The van der Waals surface area contributed by atoms with E-state index in [4.69, 9.17) is 4.74 Å². The van der Waals surface area contributed by atoms with Crippen LogP contribution in [0.4, 0.5) is 0 Å². The number of hydrogen-bond acceptors (Lipinski definition) is 1. The van der Waals surface area contributed by atoms with Crippen LogP contribution in [0.2, 0.25) is 0 Å². The van der Waals surface area contributed by atoms with Crippen molar-refractivity contribution in [1.82, 2.24) is 0 Å². The van der Waals surface area contributed by atoms with E-state index in [2.05, 4.69) is 14.1 Å². The topological polar surface area (TPSA) is 9.23 Å². The number of methoxy groups -OCH3 is 1. The predicted molar refractivity (Wildman–Crippen MR) is 32.6 cm³/mol. The Hall–Kier alpha value is -0.0800. The van der Waals surface area contributed by atoms with Gasteiger partial charge in [-0.2, -0.15) is 0 Å². The molecule has 1 fully saturated rings. The molecule has 48 valence electrons. The van der Waals surface area contributed by atoms with E-state index in [0.717, 1.165) is 4.48 Å². The summed E-state index contributed by atoms with van der Waals surface area (Å²) in [7, 11) is 6.22. The van der Waals surface area contributed by atoms with E-state index in [1.807, 2.05) is 0 Å². The molecule has 0 atom stereocenters. The Morgan fingerprint density at radius 1 is 1.38 bits per heavy atom. The molecule has 0 amide bonds. The summed E-state index contributed by atoms with van der Waals surface area (Å²) in [6, 6.07) is 0. The van der Waals surface area contributed by atoms with Crippen LogP contribution in [0.1, 0.15) is 0 Å². The maximum atomic E-state index is 5.11. The number of nitrogens with zero attached hydrogens (tertiary/aromatic N) is 1. The maximum absolute atomic E-state index is 5.11. The van der Waals surface area contributed by atoms with Gasteiger partial charge in [0, 0.05) is 7.11 Å². The normalized spacial score (nSPS) is 27.4. The summed E-state index contributed by atoms with van der Waals surface area (Å²) in [5.41, 5.74) is 0. The lowest BCUT2D eigenvalue weighted by Gasteiger charge is -2.43. The van der Waals surface area contributed by atoms with Gasteiger partial charge in [0.25, 0.3) is 0 Å². The zero-order chi connectivity index (χ0) is 6.20. The van der Waals surface area contributed by atoms with Crippen molar-refractivity contribution in [2.45, 2.75) is 6.10 Å². The Kier molecular flexibility index (Phi) is 1.29. The third-order valence-electron chi connectivity index (χ3n) is 1.73. The maximum Gasteiger partial charge on any atom is 0.154 e. The lowest BCUT2D eigenvalue weighted by Crippen LogP contribution is -2.61. The first-order valence-corrected chi connectivity index (χ1v) is 2.99. The highest BCUT2D eigenvalue weighted by atomic mass is 16.5. The molecule has 0 aromatic heterocycles. The zero-order valence-electron chi connectivity index (χ0n) is 5.85. The molecule has 1 rings (SSSR count). The van der Waals surface area contributed by atoms with Crippen LogP contribution >= 0.6 is 0 Å². The minimum atomic E-state index is 0.532. The van der Waals surface area contributed by atoms with Gasteiger partial charge in [-0.25, -0.2) is 0 Å². The molecule has 0 aliphatic carbocycles. The number of rotatable bonds is 1. The minimum Gasteiger partial charge on any atom is -0.370 e. The number of likely N-dealkylation sites (N-methyl/N-ethyl adjacent to an activating group) is 1. The van der Waals surface area contributed by atoms with Crippen LogP contribution in [0.15, 0.2) is 0 Å². The Bertz CT molecular complexity index is 82.5. The highest BCUT2D eigenvalue weighted by molar-refractivity contribution is 4.63. The van der Waals surface area contributed by atoms with Crippen molar-refractivity contribution in [3.05, 3.63) is 0 Å². The molecule has 0 spiro atoms. The molecule has 0 bridgehead atoms. The van der Waals surface area contributed by atoms with E-state index in [0.29, 0.717) is 6.10 Å². The summed E-state index contributed by atoms with van der Waals surface area (Å²) in [5.74, 6) is 0. The fourth-order valence-electron chi connectivity index (χ4n) is 1.20. The lowest BCUT2D eigenvalue weighted by atomic mass is 10.1. The lowest BCUT2D eigenvalue weighted by molar-refractivity contribution is -0.937. The van der Waals surface area contributed by atoms with Crippen molar-refractivity contribution < 1.29 is 9.22 Å². The van der Waals surface area contributed by atoms with Gasteiger partial charge in [-0.05, 0) is 0 Å². The Morgan fingerprint density at radius 2 is 1.88 bits per heavy atom. The first kappa shape index (κ1) is 6.05. The summed E-state index contributed by atoms with van der Waals surface area (Å²) >= 11 is 0. The van der Waals surface area contributed by atoms with Crippen LogP contribution in [0, 0.1) is 0 Å². The van der Waals surface area contributed by atoms with Gasteiger partial charge < -0.3 is 9.22 Å². The Balaban J connectivity index is 2.21. The van der Waals surface area contributed by atoms with E-state index >= 15 is 0 Å². The predicted octanol–water partition coefficient (Wildman–Crippen LogP) is 0.0914. The smallest absolute Gasteiger partial charge is 0.154 e. The van der Waals surface area contributed by atoms with Crippen molar-refractivity contribution in [2.75, 3.05) is 34.3 Å². The average Bonchev–Trinajstić information content (AvgIpc) is 1.60. The molecule has 2 nitrogen and oxygen atoms in total. The van der Waals surface area contributed by atoms with Crippen molar-refractivity contribution in [3.63, 3.8) is 0 Å². The highest BCUT2D eigenvalue weighted by Gasteiger charge is 2.36. The summed E-state index contributed by atoms with van der Waals surface area (Å²) in [4.78, 5) is 0. The first-order valence-electron chi connectivity index (χ1n) is 2.99. The molecule has 0 saturated carbocycles. The third-order valence-corrected chi connectivity index (χ3v) is 1.73. The molecule has 1 aliphatic heterocycles. The summed E-state index contributed by atoms with van der Waals surface area (Å²) < 4.78 is 6.23. The molecule has 2 heteroatoms. The van der Waals surface area contributed by atoms with Crippen LogP contribution in [0.3, 0.4) is 0 Å².